The minimum atomic E-state index is -0.542. The van der Waals surface area contributed by atoms with E-state index in [1.54, 1.807) is 4.90 Å². The Morgan fingerprint density at radius 2 is 2.06 bits per heavy atom. The molecule has 0 aromatic heterocycles. The van der Waals surface area contributed by atoms with Crippen LogP contribution in [0, 0.1) is 6.92 Å². The van der Waals surface area contributed by atoms with Gasteiger partial charge in [0.05, 0.1) is 5.69 Å². The van der Waals surface area contributed by atoms with Crippen LogP contribution in [0.1, 0.15) is 37.9 Å². The summed E-state index contributed by atoms with van der Waals surface area (Å²) in [5.41, 5.74) is 2.89. The molecule has 1 N–H and O–H groups in total. The molecular weight excluding hydrogens is 228 g/mol. The van der Waals surface area contributed by atoms with Crippen LogP contribution < -0.4 is 10.2 Å². The van der Waals surface area contributed by atoms with Crippen LogP contribution in [-0.4, -0.2) is 17.9 Å². The molecule has 4 nitrogen and oxygen atoms in total. The highest BCUT2D eigenvalue weighted by molar-refractivity contribution is 6.07. The highest BCUT2D eigenvalue weighted by Gasteiger charge is 2.39. The number of carbonyl (C=O) groups excluding carboxylic acids is 2. The summed E-state index contributed by atoms with van der Waals surface area (Å²) in [5.74, 6) is -0.240. The minimum absolute atomic E-state index is 0.0514. The number of aryl methyl sites for hydroxylation is 1. The van der Waals surface area contributed by atoms with Gasteiger partial charge in [-0.15, -0.1) is 0 Å². The second-order valence-corrected chi connectivity index (χ2v) is 4.95. The number of hydrogen-bond acceptors (Lipinski definition) is 2. The first kappa shape index (κ1) is 12.6. The van der Waals surface area contributed by atoms with Gasteiger partial charge in [0.1, 0.15) is 6.04 Å². The molecule has 0 aliphatic carbocycles. The zero-order valence-corrected chi connectivity index (χ0v) is 11.2. The van der Waals surface area contributed by atoms with E-state index in [1.807, 2.05) is 39.0 Å². The lowest BCUT2D eigenvalue weighted by Gasteiger charge is -2.23. The Morgan fingerprint density at radius 1 is 1.39 bits per heavy atom. The van der Waals surface area contributed by atoms with Crippen molar-refractivity contribution in [2.45, 2.75) is 39.8 Å². The van der Waals surface area contributed by atoms with Crippen molar-refractivity contribution in [2.24, 2.45) is 0 Å². The summed E-state index contributed by atoms with van der Waals surface area (Å²) < 4.78 is 0. The van der Waals surface area contributed by atoms with Gasteiger partial charge in [0.2, 0.25) is 5.91 Å². The number of nitrogens with zero attached hydrogens (tertiary/aromatic N) is 1. The molecule has 96 valence electrons. The van der Waals surface area contributed by atoms with Crippen LogP contribution in [0.3, 0.4) is 0 Å². The van der Waals surface area contributed by atoms with Crippen molar-refractivity contribution in [1.82, 2.24) is 5.32 Å². The fourth-order valence-electron chi connectivity index (χ4n) is 2.48. The van der Waals surface area contributed by atoms with Crippen LogP contribution in [0.5, 0.6) is 0 Å². The van der Waals surface area contributed by atoms with Gasteiger partial charge in [0.15, 0.2) is 0 Å². The molecular formula is C14H18N2O2. The van der Waals surface area contributed by atoms with Crippen LogP contribution in [0.4, 0.5) is 5.69 Å². The number of rotatable bonds is 2. The maximum absolute atomic E-state index is 12.4. The van der Waals surface area contributed by atoms with Gasteiger partial charge < -0.3 is 10.2 Å². The monoisotopic (exact) mass is 246 g/mol. The van der Waals surface area contributed by atoms with Gasteiger partial charge in [0, 0.05) is 18.5 Å². The van der Waals surface area contributed by atoms with Gasteiger partial charge in [0.25, 0.3) is 5.91 Å². The molecule has 2 amide bonds. The first-order chi connectivity index (χ1) is 8.43. The molecule has 4 heteroatoms. The van der Waals surface area contributed by atoms with E-state index in [-0.39, 0.29) is 17.9 Å². The van der Waals surface area contributed by atoms with Gasteiger partial charge in [-0.05, 0) is 26.3 Å². The second-order valence-electron chi connectivity index (χ2n) is 4.95. The maximum atomic E-state index is 12.4. The molecule has 1 heterocycles. The minimum Gasteiger partial charge on any atom is -0.341 e. The molecule has 0 spiro atoms. The predicted octanol–water partition coefficient (Wildman–Crippen LogP) is 1.93. The third kappa shape index (κ3) is 1.88. The quantitative estimate of drug-likeness (QED) is 0.866. The highest BCUT2D eigenvalue weighted by Crippen LogP contribution is 2.39. The Balaban J connectivity index is 2.54. The Labute approximate surface area is 107 Å². The number of hydrogen-bond donors (Lipinski definition) is 1. The number of para-hydroxylation sites is 1. The smallest absolute Gasteiger partial charge is 0.254 e. The topological polar surface area (TPSA) is 49.4 Å². The van der Waals surface area contributed by atoms with Crippen LogP contribution in [-0.2, 0) is 9.59 Å². The Hall–Kier alpha value is -1.84. The number of benzene rings is 1. The number of nitrogens with one attached hydrogen (secondary N) is 1. The van der Waals surface area contributed by atoms with Gasteiger partial charge in [-0.2, -0.15) is 0 Å². The number of amides is 2. The Bertz CT molecular complexity index is 509. The van der Waals surface area contributed by atoms with Crippen LogP contribution in [0.15, 0.2) is 18.2 Å². The summed E-state index contributed by atoms with van der Waals surface area (Å²) in [6.45, 7) is 7.37. The lowest BCUT2D eigenvalue weighted by atomic mass is 10.0. The van der Waals surface area contributed by atoms with Crippen LogP contribution in [0.25, 0.3) is 0 Å². The molecule has 0 saturated carbocycles. The van der Waals surface area contributed by atoms with Gasteiger partial charge >= 0.3 is 0 Å². The lowest BCUT2D eigenvalue weighted by Crippen LogP contribution is -2.40. The Kier molecular flexibility index (Phi) is 3.11. The molecule has 1 aliphatic rings. The second kappa shape index (κ2) is 4.44. The number of carbonyl (C=O) groups is 2. The molecule has 0 fully saturated rings. The predicted molar refractivity (Wildman–Crippen MR) is 70.4 cm³/mol. The van der Waals surface area contributed by atoms with Crippen molar-refractivity contribution in [3.8, 4) is 0 Å². The van der Waals surface area contributed by atoms with Gasteiger partial charge in [-0.3, -0.25) is 9.59 Å². The molecule has 1 unspecified atom stereocenters. The van der Waals surface area contributed by atoms with Crippen molar-refractivity contribution < 1.29 is 9.59 Å². The number of fused-ring (bicyclic) bond motifs is 1. The fraction of sp³-hybridized carbons (Fsp3) is 0.429. The average Bonchev–Trinajstić information content (AvgIpc) is 2.54. The molecule has 1 atom stereocenters. The maximum Gasteiger partial charge on any atom is 0.254 e. The SMILES string of the molecule is CC(=O)NC1C(=O)N(C(C)C)c2c(C)cccc21. The normalized spacial score (nSPS) is 18.2. The standard InChI is InChI=1S/C14H18N2O2/c1-8(2)16-13-9(3)6-5-7-11(13)12(14(16)18)15-10(4)17/h5-8,12H,1-4H3,(H,15,17). The lowest BCUT2D eigenvalue weighted by molar-refractivity contribution is -0.126. The highest BCUT2D eigenvalue weighted by atomic mass is 16.2. The van der Waals surface area contributed by atoms with E-state index in [1.165, 1.54) is 6.92 Å². The zero-order chi connectivity index (χ0) is 13.4. The average molecular weight is 246 g/mol. The third-order valence-electron chi connectivity index (χ3n) is 3.17. The van der Waals surface area contributed by atoms with Crippen molar-refractivity contribution in [3.05, 3.63) is 29.3 Å². The summed E-state index contributed by atoms with van der Waals surface area (Å²) in [7, 11) is 0. The molecule has 1 aromatic carbocycles. The van der Waals surface area contributed by atoms with E-state index in [9.17, 15) is 9.59 Å². The largest absolute Gasteiger partial charge is 0.341 e. The van der Waals surface area contributed by atoms with Crippen molar-refractivity contribution in [3.63, 3.8) is 0 Å². The summed E-state index contributed by atoms with van der Waals surface area (Å²) in [5, 5.41) is 2.73. The van der Waals surface area contributed by atoms with Crippen molar-refractivity contribution in [1.29, 1.82) is 0 Å². The van der Waals surface area contributed by atoms with E-state index in [4.69, 9.17) is 0 Å². The summed E-state index contributed by atoms with van der Waals surface area (Å²) in [4.78, 5) is 25.4. The first-order valence-corrected chi connectivity index (χ1v) is 6.13. The summed E-state index contributed by atoms with van der Waals surface area (Å²) in [6, 6.07) is 5.34. The van der Waals surface area contributed by atoms with Gasteiger partial charge in [-0.1, -0.05) is 18.2 Å². The third-order valence-corrected chi connectivity index (χ3v) is 3.17. The summed E-state index contributed by atoms with van der Waals surface area (Å²) in [6.07, 6.45) is 0. The molecule has 0 bridgehead atoms. The first-order valence-electron chi connectivity index (χ1n) is 6.13. The molecule has 1 aromatic rings. The van der Waals surface area contributed by atoms with Crippen LogP contribution in [0.2, 0.25) is 0 Å². The zero-order valence-electron chi connectivity index (χ0n) is 11.2. The summed E-state index contributed by atoms with van der Waals surface area (Å²) >= 11 is 0. The molecule has 1 aliphatic heterocycles. The van der Waals surface area contributed by atoms with E-state index < -0.39 is 6.04 Å². The Morgan fingerprint density at radius 3 is 2.61 bits per heavy atom. The number of anilines is 1. The van der Waals surface area contributed by atoms with Crippen molar-refractivity contribution >= 4 is 17.5 Å². The van der Waals surface area contributed by atoms with Gasteiger partial charge in [-0.25, -0.2) is 0 Å². The fourth-order valence-corrected chi connectivity index (χ4v) is 2.48. The van der Waals surface area contributed by atoms with Crippen molar-refractivity contribution in [2.75, 3.05) is 4.90 Å². The molecule has 2 rings (SSSR count). The molecule has 0 radical (unpaired) electrons. The molecule has 0 saturated heterocycles. The van der Waals surface area contributed by atoms with Crippen LogP contribution >= 0.6 is 0 Å². The van der Waals surface area contributed by atoms with E-state index in [0.29, 0.717) is 0 Å². The molecule has 18 heavy (non-hydrogen) atoms. The van der Waals surface area contributed by atoms with E-state index >= 15 is 0 Å². The van der Waals surface area contributed by atoms with E-state index in [2.05, 4.69) is 5.32 Å². The van der Waals surface area contributed by atoms with E-state index in [0.717, 1.165) is 16.8 Å².